The first-order valence-corrected chi connectivity index (χ1v) is 6.30. The zero-order chi connectivity index (χ0) is 15.3. The number of nitrogens with two attached hydrogens (primary N) is 1. The normalized spacial score (nSPS) is 29.3. The van der Waals surface area contributed by atoms with Crippen LogP contribution in [0.15, 0.2) is 4.79 Å². The van der Waals surface area contributed by atoms with Gasteiger partial charge in [0.2, 0.25) is 5.95 Å². The molecule has 1 aliphatic heterocycles. The van der Waals surface area contributed by atoms with Crippen molar-refractivity contribution in [1.29, 1.82) is 0 Å². The largest absolute Gasteiger partial charge is 0.394 e. The molecule has 3 rings (SSSR count). The van der Waals surface area contributed by atoms with Crippen molar-refractivity contribution in [3.8, 4) is 0 Å². The van der Waals surface area contributed by atoms with E-state index in [1.165, 1.54) is 4.57 Å². The average molecular weight is 297 g/mol. The van der Waals surface area contributed by atoms with Crippen molar-refractivity contribution < 1.29 is 20.1 Å². The lowest BCUT2D eigenvalue weighted by molar-refractivity contribution is -0.0519. The molecule has 0 amide bonds. The summed E-state index contributed by atoms with van der Waals surface area (Å²) in [6.07, 6.45) is -4.49. The molecule has 0 radical (unpaired) electrons. The highest BCUT2D eigenvalue weighted by Gasteiger charge is 2.44. The fourth-order valence-electron chi connectivity index (χ4n) is 2.51. The van der Waals surface area contributed by atoms with Gasteiger partial charge in [-0.15, -0.1) is 0 Å². The third-order valence-corrected chi connectivity index (χ3v) is 3.52. The van der Waals surface area contributed by atoms with Crippen LogP contribution >= 0.6 is 0 Å². The van der Waals surface area contributed by atoms with E-state index in [0.717, 1.165) is 0 Å². The van der Waals surface area contributed by atoms with Crippen LogP contribution in [0.5, 0.6) is 0 Å². The SMILES string of the molecule is Cc1nc2c(=O)[nH]c(N)nc2n1[C@@H]1O[C@H](CO)[C@H](O)C1O. The minimum absolute atomic E-state index is 0.0550. The zero-order valence-corrected chi connectivity index (χ0v) is 11.1. The molecule has 0 spiro atoms. The number of aryl methyl sites for hydroxylation is 1. The van der Waals surface area contributed by atoms with Crippen molar-refractivity contribution in [2.75, 3.05) is 12.3 Å². The molecular weight excluding hydrogens is 282 g/mol. The Morgan fingerprint density at radius 3 is 2.71 bits per heavy atom. The number of aliphatic hydroxyl groups excluding tert-OH is 3. The lowest BCUT2D eigenvalue weighted by atomic mass is 10.1. The average Bonchev–Trinajstić information content (AvgIpc) is 2.89. The maximum absolute atomic E-state index is 11.8. The van der Waals surface area contributed by atoms with Gasteiger partial charge in [-0.05, 0) is 6.92 Å². The number of nitrogen functional groups attached to an aromatic ring is 1. The van der Waals surface area contributed by atoms with Gasteiger partial charge in [0.25, 0.3) is 5.56 Å². The molecule has 0 aliphatic carbocycles. The highest BCUT2D eigenvalue weighted by Crippen LogP contribution is 2.32. The molecule has 21 heavy (non-hydrogen) atoms. The van der Waals surface area contributed by atoms with Gasteiger partial charge in [-0.2, -0.15) is 4.98 Å². The van der Waals surface area contributed by atoms with Crippen LogP contribution in [0, 0.1) is 6.92 Å². The number of aliphatic hydroxyl groups is 3. The standard InChI is InChI=1S/C11H15N5O5/c1-3-13-5-8(14-11(12)15-9(5)20)16(3)10-7(19)6(18)4(2-17)21-10/h4,6-7,10,17-19H,2H2,1H3,(H3,12,14,15,20)/t4-,6+,7?,10-/m1/s1. The molecule has 1 saturated heterocycles. The molecule has 1 unspecified atom stereocenters. The fourth-order valence-corrected chi connectivity index (χ4v) is 2.51. The van der Waals surface area contributed by atoms with Crippen LogP contribution in [-0.2, 0) is 4.74 Å². The molecule has 2 aromatic heterocycles. The summed E-state index contributed by atoms with van der Waals surface area (Å²) in [5.41, 5.74) is 5.21. The quantitative estimate of drug-likeness (QED) is 0.411. The number of nitrogens with one attached hydrogen (secondary N) is 1. The first-order chi connectivity index (χ1) is 9.93. The van der Waals surface area contributed by atoms with E-state index < -0.39 is 36.7 Å². The Kier molecular flexibility index (Phi) is 3.17. The second kappa shape index (κ2) is 4.77. The molecule has 1 aliphatic rings. The van der Waals surface area contributed by atoms with E-state index in [4.69, 9.17) is 15.6 Å². The summed E-state index contributed by atoms with van der Waals surface area (Å²) >= 11 is 0. The number of aromatic nitrogens is 4. The summed E-state index contributed by atoms with van der Waals surface area (Å²) in [5, 5.41) is 29.0. The highest BCUT2D eigenvalue weighted by atomic mass is 16.6. The summed E-state index contributed by atoms with van der Waals surface area (Å²) < 4.78 is 6.81. The summed E-state index contributed by atoms with van der Waals surface area (Å²) in [7, 11) is 0. The summed E-state index contributed by atoms with van der Waals surface area (Å²) in [4.78, 5) is 22.2. The van der Waals surface area contributed by atoms with Gasteiger partial charge in [0.1, 0.15) is 24.1 Å². The zero-order valence-electron chi connectivity index (χ0n) is 11.1. The van der Waals surface area contributed by atoms with Gasteiger partial charge in [-0.25, -0.2) is 4.98 Å². The molecule has 114 valence electrons. The fraction of sp³-hybridized carbons (Fsp3) is 0.545. The summed E-state index contributed by atoms with van der Waals surface area (Å²) in [6.45, 7) is 1.16. The molecule has 3 heterocycles. The van der Waals surface area contributed by atoms with Gasteiger partial charge in [0.05, 0.1) is 6.61 Å². The number of rotatable bonds is 2. The Morgan fingerprint density at radius 2 is 2.10 bits per heavy atom. The number of H-pyrrole nitrogens is 1. The third-order valence-electron chi connectivity index (χ3n) is 3.52. The van der Waals surface area contributed by atoms with Crippen molar-refractivity contribution in [1.82, 2.24) is 19.5 Å². The van der Waals surface area contributed by atoms with Gasteiger partial charge in [-0.3, -0.25) is 14.3 Å². The predicted octanol–water partition coefficient (Wildman–Crippen LogP) is -2.38. The molecule has 0 bridgehead atoms. The highest BCUT2D eigenvalue weighted by molar-refractivity contribution is 5.71. The van der Waals surface area contributed by atoms with Crippen molar-refractivity contribution in [3.63, 3.8) is 0 Å². The Balaban J connectivity index is 2.17. The van der Waals surface area contributed by atoms with Crippen LogP contribution in [0.1, 0.15) is 12.1 Å². The Labute approximate surface area is 117 Å². The summed E-state index contributed by atoms with van der Waals surface area (Å²) in [6, 6.07) is 0. The van der Waals surface area contributed by atoms with Crippen LogP contribution in [-0.4, -0.2) is 59.8 Å². The van der Waals surface area contributed by atoms with E-state index in [1.54, 1.807) is 6.92 Å². The molecule has 6 N–H and O–H groups in total. The van der Waals surface area contributed by atoms with Crippen LogP contribution < -0.4 is 11.3 Å². The van der Waals surface area contributed by atoms with E-state index in [2.05, 4.69) is 15.0 Å². The summed E-state index contributed by atoms with van der Waals surface area (Å²) in [5.74, 6) is 0.267. The van der Waals surface area contributed by atoms with Crippen LogP contribution in [0.3, 0.4) is 0 Å². The number of hydrogen-bond acceptors (Lipinski definition) is 8. The van der Waals surface area contributed by atoms with Crippen molar-refractivity contribution in [2.24, 2.45) is 0 Å². The minimum atomic E-state index is -1.29. The van der Waals surface area contributed by atoms with Crippen molar-refractivity contribution in [2.45, 2.75) is 31.5 Å². The molecule has 4 atom stereocenters. The molecular formula is C11H15N5O5. The predicted molar refractivity (Wildman–Crippen MR) is 70.3 cm³/mol. The number of anilines is 1. The van der Waals surface area contributed by atoms with Crippen molar-refractivity contribution in [3.05, 3.63) is 16.2 Å². The lowest BCUT2D eigenvalue weighted by Gasteiger charge is -2.18. The Bertz CT molecular complexity index is 740. The number of nitrogens with zero attached hydrogens (tertiary/aromatic N) is 3. The first-order valence-electron chi connectivity index (χ1n) is 6.30. The minimum Gasteiger partial charge on any atom is -0.394 e. The van der Waals surface area contributed by atoms with Crippen LogP contribution in [0.25, 0.3) is 11.2 Å². The van der Waals surface area contributed by atoms with Gasteiger partial charge in [0.15, 0.2) is 17.4 Å². The molecule has 2 aromatic rings. The first kappa shape index (κ1) is 13.9. The van der Waals surface area contributed by atoms with E-state index >= 15 is 0 Å². The van der Waals surface area contributed by atoms with Crippen molar-refractivity contribution >= 4 is 17.1 Å². The molecule has 1 fully saturated rings. The van der Waals surface area contributed by atoms with Gasteiger partial charge in [-0.1, -0.05) is 0 Å². The maximum Gasteiger partial charge on any atom is 0.280 e. The topological polar surface area (TPSA) is 160 Å². The second-order valence-electron chi connectivity index (χ2n) is 4.88. The van der Waals surface area contributed by atoms with Crippen LogP contribution in [0.2, 0.25) is 0 Å². The molecule has 0 saturated carbocycles. The van der Waals surface area contributed by atoms with Gasteiger partial charge >= 0.3 is 0 Å². The lowest BCUT2D eigenvalue weighted by Crippen LogP contribution is -2.33. The Hall–Kier alpha value is -2.01. The van der Waals surface area contributed by atoms with Crippen LogP contribution in [0.4, 0.5) is 5.95 Å². The van der Waals surface area contributed by atoms with E-state index in [9.17, 15) is 15.0 Å². The number of hydrogen-bond donors (Lipinski definition) is 5. The third kappa shape index (κ3) is 2.00. The van der Waals surface area contributed by atoms with Gasteiger partial charge in [0, 0.05) is 0 Å². The van der Waals surface area contributed by atoms with Gasteiger partial charge < -0.3 is 25.8 Å². The Morgan fingerprint density at radius 1 is 1.38 bits per heavy atom. The monoisotopic (exact) mass is 297 g/mol. The molecule has 10 heteroatoms. The van der Waals surface area contributed by atoms with E-state index in [-0.39, 0.29) is 17.1 Å². The second-order valence-corrected chi connectivity index (χ2v) is 4.88. The van der Waals surface area contributed by atoms with E-state index in [1.807, 2.05) is 0 Å². The maximum atomic E-state index is 11.8. The molecule has 10 nitrogen and oxygen atoms in total. The number of imidazole rings is 1. The van der Waals surface area contributed by atoms with E-state index in [0.29, 0.717) is 5.82 Å². The number of ether oxygens (including phenoxy) is 1. The number of fused-ring (bicyclic) bond motifs is 1. The smallest absolute Gasteiger partial charge is 0.280 e. The number of aromatic amines is 1. The molecule has 0 aromatic carbocycles.